The largest absolute Gasteiger partial charge is 0.497 e. The van der Waals surface area contributed by atoms with Gasteiger partial charge in [0, 0.05) is 0 Å². The Morgan fingerprint density at radius 2 is 1.88 bits per heavy atom. The Morgan fingerprint density at radius 1 is 1.12 bits per heavy atom. The van der Waals surface area contributed by atoms with Crippen molar-refractivity contribution in [1.82, 2.24) is 5.32 Å². The molecule has 0 aliphatic heterocycles. The van der Waals surface area contributed by atoms with Crippen molar-refractivity contribution in [3.63, 3.8) is 0 Å². The summed E-state index contributed by atoms with van der Waals surface area (Å²) in [5.41, 5.74) is 6.88. The van der Waals surface area contributed by atoms with Crippen LogP contribution in [0.3, 0.4) is 0 Å². The molecule has 1 atom stereocenters. The molecule has 0 heterocycles. The maximum atomic E-state index is 12.0. The molecule has 0 saturated heterocycles. The summed E-state index contributed by atoms with van der Waals surface area (Å²) in [4.78, 5) is 23.5. The summed E-state index contributed by atoms with van der Waals surface area (Å²) < 4.78 is 10.5. The molecule has 126 valence electrons. The van der Waals surface area contributed by atoms with E-state index in [-0.39, 0.29) is 13.2 Å². The Hall–Kier alpha value is -2.86. The molecule has 0 aromatic heterocycles. The number of hydrogen-bond acceptors (Lipinski definition) is 4. The Bertz CT molecular complexity index is 688. The van der Waals surface area contributed by atoms with Crippen LogP contribution in [0.2, 0.25) is 0 Å². The Balaban J connectivity index is 1.86. The third kappa shape index (κ3) is 5.10. The van der Waals surface area contributed by atoms with Crippen molar-refractivity contribution < 1.29 is 19.1 Å². The Morgan fingerprint density at radius 3 is 2.54 bits per heavy atom. The smallest absolute Gasteiger partial charge is 0.246 e. The van der Waals surface area contributed by atoms with E-state index in [1.54, 1.807) is 31.4 Å². The van der Waals surface area contributed by atoms with Crippen LogP contribution >= 0.6 is 0 Å². The van der Waals surface area contributed by atoms with Gasteiger partial charge in [0.2, 0.25) is 11.8 Å². The van der Waals surface area contributed by atoms with Gasteiger partial charge in [0.05, 0.1) is 13.7 Å². The van der Waals surface area contributed by atoms with E-state index < -0.39 is 17.9 Å². The molecule has 2 aromatic rings. The topological polar surface area (TPSA) is 90.7 Å². The van der Waals surface area contributed by atoms with E-state index >= 15 is 0 Å². The second kappa shape index (κ2) is 8.69. The van der Waals surface area contributed by atoms with Gasteiger partial charge in [0.1, 0.15) is 18.4 Å². The van der Waals surface area contributed by atoms with Crippen molar-refractivity contribution >= 4 is 11.8 Å². The van der Waals surface area contributed by atoms with Gasteiger partial charge in [-0.05, 0) is 23.3 Å². The minimum Gasteiger partial charge on any atom is -0.497 e. The lowest BCUT2D eigenvalue weighted by Crippen LogP contribution is -2.39. The van der Waals surface area contributed by atoms with Crippen molar-refractivity contribution in [3.05, 3.63) is 65.7 Å². The first kappa shape index (κ1) is 17.5. The zero-order valence-electron chi connectivity index (χ0n) is 13.4. The normalized spacial score (nSPS) is 11.5. The lowest BCUT2D eigenvalue weighted by atomic mass is 10.1. The van der Waals surface area contributed by atoms with Crippen molar-refractivity contribution in [2.24, 2.45) is 5.73 Å². The van der Waals surface area contributed by atoms with Crippen LogP contribution in [0, 0.1) is 0 Å². The first-order valence-electron chi connectivity index (χ1n) is 7.44. The van der Waals surface area contributed by atoms with Gasteiger partial charge in [-0.1, -0.05) is 42.5 Å². The molecular formula is C18H20N2O4. The summed E-state index contributed by atoms with van der Waals surface area (Å²) in [6.07, 6.45) is 0. The highest BCUT2D eigenvalue weighted by Crippen LogP contribution is 2.14. The van der Waals surface area contributed by atoms with E-state index in [1.165, 1.54) is 0 Å². The van der Waals surface area contributed by atoms with Gasteiger partial charge < -0.3 is 20.5 Å². The van der Waals surface area contributed by atoms with E-state index in [1.807, 2.05) is 30.3 Å². The molecule has 0 bridgehead atoms. The molecular weight excluding hydrogens is 308 g/mol. The molecule has 6 nitrogen and oxygen atoms in total. The molecule has 2 rings (SSSR count). The molecule has 0 aliphatic carbocycles. The number of rotatable bonds is 8. The molecule has 0 aliphatic rings. The van der Waals surface area contributed by atoms with Gasteiger partial charge in [0.15, 0.2) is 0 Å². The van der Waals surface area contributed by atoms with Crippen LogP contribution in [-0.4, -0.2) is 25.5 Å². The van der Waals surface area contributed by atoms with Crippen molar-refractivity contribution in [2.75, 3.05) is 13.7 Å². The number of benzene rings is 2. The van der Waals surface area contributed by atoms with E-state index in [2.05, 4.69) is 5.32 Å². The van der Waals surface area contributed by atoms with Crippen LogP contribution in [0.25, 0.3) is 0 Å². The second-order valence-corrected chi connectivity index (χ2v) is 5.16. The molecule has 24 heavy (non-hydrogen) atoms. The fourth-order valence-electron chi connectivity index (χ4n) is 2.19. The average Bonchev–Trinajstić information content (AvgIpc) is 2.60. The summed E-state index contributed by atoms with van der Waals surface area (Å²) >= 11 is 0. The minimum absolute atomic E-state index is 0.173. The highest BCUT2D eigenvalue weighted by atomic mass is 16.5. The highest BCUT2D eigenvalue weighted by Gasteiger charge is 2.19. The third-order valence-electron chi connectivity index (χ3n) is 3.36. The van der Waals surface area contributed by atoms with E-state index in [9.17, 15) is 9.59 Å². The van der Waals surface area contributed by atoms with E-state index in [0.29, 0.717) is 5.56 Å². The monoisotopic (exact) mass is 328 g/mol. The van der Waals surface area contributed by atoms with Gasteiger partial charge in [-0.2, -0.15) is 0 Å². The van der Waals surface area contributed by atoms with Crippen molar-refractivity contribution in [1.29, 1.82) is 0 Å². The number of nitrogens with two attached hydrogens (primary N) is 1. The highest BCUT2D eigenvalue weighted by molar-refractivity contribution is 5.88. The van der Waals surface area contributed by atoms with Crippen LogP contribution in [-0.2, 0) is 20.9 Å². The standard InChI is InChI=1S/C18H20N2O4/c1-23-15-9-5-6-13(10-15)11-24-12-16(21)20-17(18(19)22)14-7-3-2-4-8-14/h2-10,17H,11-12H2,1H3,(H2,19,22)(H,20,21)/t17-/m0/s1. The molecule has 0 saturated carbocycles. The number of hydrogen-bond donors (Lipinski definition) is 2. The summed E-state index contributed by atoms with van der Waals surface area (Å²) in [7, 11) is 1.58. The molecule has 0 unspecified atom stereocenters. The number of ether oxygens (including phenoxy) is 2. The Kier molecular flexibility index (Phi) is 6.33. The fraction of sp³-hybridized carbons (Fsp3) is 0.222. The fourth-order valence-corrected chi connectivity index (χ4v) is 2.19. The number of carbonyl (C=O) groups excluding carboxylic acids is 2. The number of carbonyl (C=O) groups is 2. The third-order valence-corrected chi connectivity index (χ3v) is 3.36. The van der Waals surface area contributed by atoms with Gasteiger partial charge in [0.25, 0.3) is 0 Å². The van der Waals surface area contributed by atoms with Gasteiger partial charge in [-0.15, -0.1) is 0 Å². The SMILES string of the molecule is COc1cccc(COCC(=O)N[C@H](C(N)=O)c2ccccc2)c1. The van der Waals surface area contributed by atoms with Gasteiger partial charge >= 0.3 is 0 Å². The summed E-state index contributed by atoms with van der Waals surface area (Å²) in [5, 5.41) is 2.58. The second-order valence-electron chi connectivity index (χ2n) is 5.16. The zero-order chi connectivity index (χ0) is 17.4. The number of methoxy groups -OCH3 is 1. The van der Waals surface area contributed by atoms with Crippen LogP contribution in [0.15, 0.2) is 54.6 Å². The van der Waals surface area contributed by atoms with Crippen LogP contribution < -0.4 is 15.8 Å². The van der Waals surface area contributed by atoms with Crippen molar-refractivity contribution in [3.8, 4) is 5.75 Å². The predicted molar refractivity (Wildman–Crippen MR) is 89.2 cm³/mol. The van der Waals surface area contributed by atoms with Crippen LogP contribution in [0.1, 0.15) is 17.2 Å². The summed E-state index contributed by atoms with van der Waals surface area (Å²) in [6, 6.07) is 15.3. The molecule has 3 N–H and O–H groups in total. The molecule has 6 heteroatoms. The number of amides is 2. The molecule has 0 radical (unpaired) electrons. The van der Waals surface area contributed by atoms with Crippen molar-refractivity contribution in [2.45, 2.75) is 12.6 Å². The minimum atomic E-state index is -0.876. The molecule has 0 fully saturated rings. The summed E-state index contributed by atoms with van der Waals surface area (Å²) in [6.45, 7) is 0.0883. The first-order valence-corrected chi connectivity index (χ1v) is 7.44. The van der Waals surface area contributed by atoms with E-state index in [0.717, 1.165) is 11.3 Å². The van der Waals surface area contributed by atoms with Crippen LogP contribution in [0.5, 0.6) is 5.75 Å². The predicted octanol–water partition coefficient (Wildman–Crippen LogP) is 1.55. The lowest BCUT2D eigenvalue weighted by Gasteiger charge is -2.16. The first-order chi connectivity index (χ1) is 11.6. The number of primary amides is 1. The quantitative estimate of drug-likeness (QED) is 0.769. The number of nitrogens with one attached hydrogen (secondary N) is 1. The van der Waals surface area contributed by atoms with E-state index in [4.69, 9.17) is 15.2 Å². The lowest BCUT2D eigenvalue weighted by molar-refractivity contribution is -0.130. The van der Waals surface area contributed by atoms with Gasteiger partial charge in [-0.3, -0.25) is 9.59 Å². The maximum Gasteiger partial charge on any atom is 0.246 e. The maximum absolute atomic E-state index is 12.0. The average molecular weight is 328 g/mol. The van der Waals surface area contributed by atoms with Gasteiger partial charge in [-0.25, -0.2) is 0 Å². The zero-order valence-corrected chi connectivity index (χ0v) is 13.4. The molecule has 2 aromatic carbocycles. The Labute approximate surface area is 140 Å². The molecule has 2 amide bonds. The van der Waals surface area contributed by atoms with Crippen LogP contribution in [0.4, 0.5) is 0 Å². The molecule has 0 spiro atoms. The summed E-state index contributed by atoms with van der Waals surface area (Å²) in [5.74, 6) is -0.314.